The number of rotatable bonds is 33. The second-order valence-corrected chi connectivity index (χ2v) is 12.8. The van der Waals surface area contributed by atoms with E-state index in [4.69, 9.17) is 24.3 Å². The van der Waals surface area contributed by atoms with Crippen LogP contribution in [0, 0.1) is 0 Å². The third kappa shape index (κ3) is 32.2. The van der Waals surface area contributed by atoms with E-state index in [-0.39, 0.29) is 32.3 Å². The van der Waals surface area contributed by atoms with Crippen LogP contribution in [0.4, 0.5) is 0 Å². The van der Waals surface area contributed by atoms with E-state index in [0.717, 1.165) is 44.9 Å². The molecule has 0 saturated carbocycles. The number of ether oxygens (including phenoxy) is 2. The first-order valence-corrected chi connectivity index (χ1v) is 18.8. The molecule has 0 rings (SSSR count). The average molecular weight is 632 g/mol. The van der Waals surface area contributed by atoms with Gasteiger partial charge < -0.3 is 20.1 Å². The molecular weight excluding hydrogens is 565 g/mol. The lowest BCUT2D eigenvalue weighted by Crippen LogP contribution is -2.28. The minimum atomic E-state index is -4.26. The summed E-state index contributed by atoms with van der Waals surface area (Å²) in [6.45, 7) is 4.83. The minimum absolute atomic E-state index is 0.0964. The van der Waals surface area contributed by atoms with Crippen LogP contribution in [0.2, 0.25) is 0 Å². The summed E-state index contributed by atoms with van der Waals surface area (Å²) in [4.78, 5) is 22.2. The Morgan fingerprint density at radius 2 is 1.26 bits per heavy atom. The Hall–Kier alpha value is -1.02. The summed E-state index contributed by atoms with van der Waals surface area (Å²) in [5, 5.41) is 0. The van der Waals surface area contributed by atoms with E-state index in [1.54, 1.807) is 0 Å². The first kappa shape index (κ1) is 42.0. The lowest BCUT2D eigenvalue weighted by atomic mass is 10.1. The smallest absolute Gasteiger partial charge is 0.457 e. The van der Waals surface area contributed by atoms with Crippen molar-refractivity contribution in [2.75, 3.05) is 33.0 Å². The molecule has 43 heavy (non-hydrogen) atoms. The number of hydrogen-bond acceptors (Lipinski definition) is 7. The fourth-order valence-corrected chi connectivity index (χ4v) is 5.31. The fourth-order valence-electron chi connectivity index (χ4n) is 4.54. The molecular formula is C34H66NO7P. The number of unbranched alkanes of at least 4 members (excludes halogenated alkanes) is 16. The minimum Gasteiger partial charge on any atom is -0.457 e. The first-order chi connectivity index (χ1) is 20.9. The molecule has 2 atom stereocenters. The Morgan fingerprint density at radius 1 is 0.698 bits per heavy atom. The molecule has 0 aliphatic carbocycles. The zero-order valence-corrected chi connectivity index (χ0v) is 28.6. The summed E-state index contributed by atoms with van der Waals surface area (Å²) in [5.74, 6) is -0.339. The molecule has 3 N–H and O–H groups in total. The number of hydrogen-bond donors (Lipinski definition) is 2. The second-order valence-electron chi connectivity index (χ2n) is 11.4. The Labute approximate surface area is 264 Å². The third-order valence-corrected chi connectivity index (χ3v) is 8.11. The molecule has 0 heterocycles. The lowest BCUT2D eigenvalue weighted by molar-refractivity contribution is -0.154. The lowest BCUT2D eigenvalue weighted by Gasteiger charge is -2.20. The monoisotopic (exact) mass is 631 g/mol. The highest BCUT2D eigenvalue weighted by atomic mass is 31.2. The molecule has 0 spiro atoms. The molecule has 0 radical (unpaired) electrons. The highest BCUT2D eigenvalue weighted by molar-refractivity contribution is 7.47. The van der Waals surface area contributed by atoms with E-state index in [1.165, 1.54) is 83.5 Å². The van der Waals surface area contributed by atoms with Gasteiger partial charge in [0.25, 0.3) is 0 Å². The molecule has 0 bridgehead atoms. The SMILES string of the molecule is CCCC/C=C\C/C=C\CCCCCCCCOCC(COP(=O)(O)OCCN)OC(=O)CCCCCCCCCCC. The van der Waals surface area contributed by atoms with E-state index in [2.05, 4.69) is 38.2 Å². The van der Waals surface area contributed by atoms with Crippen molar-refractivity contribution >= 4 is 13.8 Å². The normalized spacial score (nSPS) is 14.0. The Balaban J connectivity index is 4.11. The standard InChI is InChI=1S/C34H66NO7P/c1-3-5-7-9-11-13-14-15-16-17-18-20-22-24-26-29-39-31-33(32-41-43(37,38)40-30-28-35)42-34(36)27-25-23-21-19-12-10-8-6-4-2/h9,11,14-15,33H,3-8,10,12-13,16-32,35H2,1-2H3,(H,37,38)/b11-9-,15-14-. The van der Waals surface area contributed by atoms with Crippen LogP contribution in [0.15, 0.2) is 24.3 Å². The van der Waals surface area contributed by atoms with Crippen LogP contribution in [0.25, 0.3) is 0 Å². The van der Waals surface area contributed by atoms with Gasteiger partial charge in [0.2, 0.25) is 0 Å². The summed E-state index contributed by atoms with van der Waals surface area (Å²) in [7, 11) is -4.26. The maximum atomic E-state index is 12.4. The average Bonchev–Trinajstić information content (AvgIpc) is 2.99. The number of phosphoric acid groups is 1. The van der Waals surface area contributed by atoms with Gasteiger partial charge in [0.15, 0.2) is 0 Å². The topological polar surface area (TPSA) is 117 Å². The van der Waals surface area contributed by atoms with Gasteiger partial charge in [0, 0.05) is 19.6 Å². The summed E-state index contributed by atoms with van der Waals surface area (Å²) in [6.07, 6.45) is 31.9. The van der Waals surface area contributed by atoms with Crippen molar-refractivity contribution in [3.8, 4) is 0 Å². The van der Waals surface area contributed by atoms with Gasteiger partial charge in [-0.25, -0.2) is 4.57 Å². The van der Waals surface area contributed by atoms with Crippen LogP contribution in [-0.2, 0) is 27.9 Å². The molecule has 0 saturated heterocycles. The number of carbonyl (C=O) groups excluding carboxylic acids is 1. The Morgan fingerprint density at radius 3 is 1.88 bits per heavy atom. The van der Waals surface area contributed by atoms with Crippen LogP contribution in [-0.4, -0.2) is 49.9 Å². The highest BCUT2D eigenvalue weighted by Crippen LogP contribution is 2.43. The molecule has 0 aliphatic heterocycles. The van der Waals surface area contributed by atoms with E-state index >= 15 is 0 Å². The molecule has 0 aliphatic rings. The molecule has 0 aromatic carbocycles. The molecule has 0 fully saturated rings. The number of nitrogens with two attached hydrogens (primary N) is 1. The maximum Gasteiger partial charge on any atom is 0.472 e. The van der Waals surface area contributed by atoms with Gasteiger partial charge in [0.1, 0.15) is 6.10 Å². The fraction of sp³-hybridized carbons (Fsp3) is 0.853. The van der Waals surface area contributed by atoms with Crippen molar-refractivity contribution in [1.29, 1.82) is 0 Å². The van der Waals surface area contributed by atoms with Gasteiger partial charge in [0.05, 0.1) is 19.8 Å². The molecule has 2 unspecified atom stereocenters. The summed E-state index contributed by atoms with van der Waals surface area (Å²) in [6, 6.07) is 0. The van der Waals surface area contributed by atoms with E-state index in [9.17, 15) is 14.3 Å². The van der Waals surface area contributed by atoms with Crippen LogP contribution in [0.3, 0.4) is 0 Å². The third-order valence-electron chi connectivity index (χ3n) is 7.12. The van der Waals surface area contributed by atoms with Gasteiger partial charge in [-0.3, -0.25) is 13.8 Å². The Bertz CT molecular complexity index is 717. The van der Waals surface area contributed by atoms with Gasteiger partial charge in [-0.2, -0.15) is 0 Å². The van der Waals surface area contributed by atoms with Gasteiger partial charge in [-0.1, -0.05) is 128 Å². The largest absolute Gasteiger partial charge is 0.472 e. The van der Waals surface area contributed by atoms with Crippen LogP contribution >= 0.6 is 7.82 Å². The van der Waals surface area contributed by atoms with Crippen molar-refractivity contribution in [3.05, 3.63) is 24.3 Å². The van der Waals surface area contributed by atoms with Crippen molar-refractivity contribution in [2.45, 2.75) is 155 Å². The van der Waals surface area contributed by atoms with Crippen molar-refractivity contribution in [2.24, 2.45) is 5.73 Å². The zero-order chi connectivity index (χ0) is 31.7. The first-order valence-electron chi connectivity index (χ1n) is 17.3. The van der Waals surface area contributed by atoms with Gasteiger partial charge in [-0.05, 0) is 38.5 Å². The highest BCUT2D eigenvalue weighted by Gasteiger charge is 2.25. The molecule has 0 aromatic heterocycles. The summed E-state index contributed by atoms with van der Waals surface area (Å²) in [5.41, 5.74) is 5.33. The molecule has 254 valence electrons. The molecule has 0 amide bonds. The zero-order valence-electron chi connectivity index (χ0n) is 27.7. The van der Waals surface area contributed by atoms with Crippen molar-refractivity contribution < 1.29 is 32.8 Å². The number of esters is 1. The van der Waals surface area contributed by atoms with Crippen molar-refractivity contribution in [1.82, 2.24) is 0 Å². The van der Waals surface area contributed by atoms with Crippen LogP contribution in [0.1, 0.15) is 149 Å². The van der Waals surface area contributed by atoms with Crippen molar-refractivity contribution in [3.63, 3.8) is 0 Å². The van der Waals surface area contributed by atoms with Crippen LogP contribution < -0.4 is 5.73 Å². The summed E-state index contributed by atoms with van der Waals surface area (Å²) < 4.78 is 33.1. The predicted octanol–water partition coefficient (Wildman–Crippen LogP) is 9.35. The van der Waals surface area contributed by atoms with Crippen LogP contribution in [0.5, 0.6) is 0 Å². The predicted molar refractivity (Wildman–Crippen MR) is 178 cm³/mol. The molecule has 0 aromatic rings. The van der Waals surface area contributed by atoms with Gasteiger partial charge in [-0.15, -0.1) is 0 Å². The van der Waals surface area contributed by atoms with E-state index in [1.807, 2.05) is 0 Å². The maximum absolute atomic E-state index is 12.4. The molecule has 9 heteroatoms. The Kier molecular flexibility index (Phi) is 31.6. The van der Waals surface area contributed by atoms with E-state index < -0.39 is 13.9 Å². The quantitative estimate of drug-likeness (QED) is 0.0318. The van der Waals surface area contributed by atoms with Gasteiger partial charge >= 0.3 is 13.8 Å². The number of allylic oxidation sites excluding steroid dienone is 4. The molecule has 8 nitrogen and oxygen atoms in total. The second kappa shape index (κ2) is 32.4. The number of phosphoric ester groups is 1. The number of carbonyl (C=O) groups is 1. The summed E-state index contributed by atoms with van der Waals surface area (Å²) >= 11 is 0. The van der Waals surface area contributed by atoms with E-state index in [0.29, 0.717) is 13.0 Å².